The molecule has 5 nitrogen and oxygen atoms in total. The lowest BCUT2D eigenvalue weighted by molar-refractivity contribution is -0.131. The first-order chi connectivity index (χ1) is 11.9. The van der Waals surface area contributed by atoms with Gasteiger partial charge in [-0.2, -0.15) is 0 Å². The summed E-state index contributed by atoms with van der Waals surface area (Å²) in [5.74, 6) is -0.388. The van der Waals surface area contributed by atoms with Crippen molar-refractivity contribution in [1.29, 1.82) is 0 Å². The highest BCUT2D eigenvalue weighted by molar-refractivity contribution is 8.14. The minimum absolute atomic E-state index is 0.178. The summed E-state index contributed by atoms with van der Waals surface area (Å²) in [6, 6.07) is 18.2. The van der Waals surface area contributed by atoms with E-state index >= 15 is 0 Å². The second-order valence-corrected chi connectivity index (χ2v) is 7.33. The van der Waals surface area contributed by atoms with Gasteiger partial charge in [-0.25, -0.2) is 5.01 Å². The van der Waals surface area contributed by atoms with Crippen molar-refractivity contribution in [1.82, 2.24) is 10.3 Å². The smallest absolute Gasteiger partial charge is 0.241 e. The molecule has 2 amide bonds. The van der Waals surface area contributed by atoms with Gasteiger partial charge < -0.3 is 5.32 Å². The number of thioether (sulfide) groups is 1. The fraction of sp³-hybridized carbons (Fsp3) is 0.211. The van der Waals surface area contributed by atoms with Gasteiger partial charge >= 0.3 is 0 Å². The molecule has 1 N–H and O–H groups in total. The molecular weight excluding hydrogens is 334 g/mol. The van der Waals surface area contributed by atoms with E-state index in [4.69, 9.17) is 0 Å². The summed E-state index contributed by atoms with van der Waals surface area (Å²) in [4.78, 5) is 22.7. The van der Waals surface area contributed by atoms with Crippen LogP contribution in [0.4, 0.5) is 0 Å². The SMILES string of the molecule is CC(=O)NC1=NN(C(C)=O)C(C)(c2ccc(-c3ccccc3)cc2)S1. The van der Waals surface area contributed by atoms with Crippen LogP contribution in [0.1, 0.15) is 26.3 Å². The Bertz CT molecular complexity index is 834. The third-order valence-corrected chi connectivity index (χ3v) is 5.18. The molecule has 1 unspecified atom stereocenters. The molecule has 0 aliphatic carbocycles. The molecule has 0 bridgehead atoms. The van der Waals surface area contributed by atoms with Gasteiger partial charge in [0.15, 0.2) is 5.17 Å². The second kappa shape index (κ2) is 6.72. The molecule has 0 aromatic heterocycles. The molecule has 1 aliphatic heterocycles. The standard InChI is InChI=1S/C19H19N3O2S/c1-13(23)20-18-21-22(14(2)24)19(3,25-18)17-11-9-16(10-12-17)15-7-5-4-6-8-15/h4-12H,1-3H3,(H,20,21,23). The molecule has 25 heavy (non-hydrogen) atoms. The number of carbonyl (C=O) groups excluding carboxylic acids is 2. The van der Waals surface area contributed by atoms with Gasteiger partial charge in [0.05, 0.1) is 0 Å². The Labute approximate surface area is 151 Å². The number of nitrogens with zero attached hydrogens (tertiary/aromatic N) is 2. The first kappa shape index (κ1) is 17.2. The minimum Gasteiger partial charge on any atom is -0.304 e. The van der Waals surface area contributed by atoms with E-state index in [1.165, 1.54) is 30.6 Å². The van der Waals surface area contributed by atoms with Gasteiger partial charge in [0, 0.05) is 13.8 Å². The van der Waals surface area contributed by atoms with Gasteiger partial charge in [0.1, 0.15) is 4.87 Å². The van der Waals surface area contributed by atoms with Crippen molar-refractivity contribution < 1.29 is 9.59 Å². The van der Waals surface area contributed by atoms with Crippen LogP contribution in [0.3, 0.4) is 0 Å². The highest BCUT2D eigenvalue weighted by Crippen LogP contribution is 2.45. The number of carbonyl (C=O) groups is 2. The van der Waals surface area contributed by atoms with Crippen LogP contribution in [0.15, 0.2) is 59.7 Å². The molecule has 2 aromatic carbocycles. The fourth-order valence-electron chi connectivity index (χ4n) is 2.79. The van der Waals surface area contributed by atoms with Crippen molar-refractivity contribution in [3.8, 4) is 11.1 Å². The second-order valence-electron chi connectivity index (χ2n) is 5.95. The fourth-order valence-corrected chi connectivity index (χ4v) is 4.00. The van der Waals surface area contributed by atoms with Crippen LogP contribution in [0.25, 0.3) is 11.1 Å². The van der Waals surface area contributed by atoms with Gasteiger partial charge in [-0.05, 0) is 23.6 Å². The van der Waals surface area contributed by atoms with E-state index in [-0.39, 0.29) is 11.8 Å². The highest BCUT2D eigenvalue weighted by atomic mass is 32.2. The summed E-state index contributed by atoms with van der Waals surface area (Å²) in [7, 11) is 0. The number of hydrogen-bond donors (Lipinski definition) is 1. The predicted octanol–water partition coefficient (Wildman–Crippen LogP) is 3.53. The molecule has 3 rings (SSSR count). The number of hydrogen-bond acceptors (Lipinski definition) is 4. The Morgan fingerprint density at radius 1 is 1.00 bits per heavy atom. The largest absolute Gasteiger partial charge is 0.304 e. The Morgan fingerprint density at radius 2 is 1.60 bits per heavy atom. The normalized spacial score (nSPS) is 19.5. The molecule has 0 spiro atoms. The third kappa shape index (κ3) is 3.44. The number of hydrazone groups is 1. The Kier molecular flexibility index (Phi) is 4.63. The Hall–Kier alpha value is -2.60. The molecular formula is C19H19N3O2S. The minimum atomic E-state index is -0.696. The van der Waals surface area contributed by atoms with Crippen LogP contribution >= 0.6 is 11.8 Å². The molecule has 1 heterocycles. The van der Waals surface area contributed by atoms with Gasteiger partial charge in [-0.1, -0.05) is 66.4 Å². The maximum atomic E-state index is 12.0. The lowest BCUT2D eigenvalue weighted by Gasteiger charge is -2.31. The van der Waals surface area contributed by atoms with Crippen molar-refractivity contribution in [3.05, 3.63) is 60.2 Å². The summed E-state index contributed by atoms with van der Waals surface area (Å²) >= 11 is 1.36. The van der Waals surface area contributed by atoms with Crippen LogP contribution in [0.2, 0.25) is 0 Å². The predicted molar refractivity (Wildman–Crippen MR) is 101 cm³/mol. The molecule has 0 saturated carbocycles. The number of rotatable bonds is 2. The van der Waals surface area contributed by atoms with Gasteiger partial charge in [-0.3, -0.25) is 9.59 Å². The van der Waals surface area contributed by atoms with Crippen molar-refractivity contribution in [2.75, 3.05) is 0 Å². The summed E-state index contributed by atoms with van der Waals surface area (Å²) in [6.07, 6.45) is 0. The third-order valence-electron chi connectivity index (χ3n) is 4.00. The number of nitrogens with one attached hydrogen (secondary N) is 1. The first-order valence-electron chi connectivity index (χ1n) is 7.92. The summed E-state index contributed by atoms with van der Waals surface area (Å²) in [5, 5.41) is 8.78. The molecule has 0 fully saturated rings. The monoisotopic (exact) mass is 353 g/mol. The van der Waals surface area contributed by atoms with E-state index in [2.05, 4.69) is 22.6 Å². The average molecular weight is 353 g/mol. The van der Waals surface area contributed by atoms with Crippen LogP contribution < -0.4 is 5.32 Å². The van der Waals surface area contributed by atoms with Gasteiger partial charge in [-0.15, -0.1) is 5.10 Å². The quantitative estimate of drug-likeness (QED) is 0.898. The highest BCUT2D eigenvalue weighted by Gasteiger charge is 2.43. The average Bonchev–Trinajstić information content (AvgIpc) is 2.93. The maximum Gasteiger partial charge on any atom is 0.241 e. The summed E-state index contributed by atoms with van der Waals surface area (Å²) < 4.78 is 0. The molecule has 2 aromatic rings. The van der Waals surface area contributed by atoms with Crippen LogP contribution in [-0.4, -0.2) is 22.0 Å². The van der Waals surface area contributed by atoms with Crippen molar-refractivity contribution in [2.24, 2.45) is 5.10 Å². The maximum absolute atomic E-state index is 12.0. The van der Waals surface area contributed by atoms with Crippen molar-refractivity contribution in [2.45, 2.75) is 25.6 Å². The molecule has 1 aliphatic rings. The Morgan fingerprint density at radius 3 is 2.16 bits per heavy atom. The molecule has 1 atom stereocenters. The van der Waals surface area contributed by atoms with E-state index < -0.39 is 4.87 Å². The van der Waals surface area contributed by atoms with E-state index in [9.17, 15) is 9.59 Å². The van der Waals surface area contributed by atoms with Crippen LogP contribution in [-0.2, 0) is 14.5 Å². The summed E-state index contributed by atoms with van der Waals surface area (Å²) in [5.41, 5.74) is 3.18. The van der Waals surface area contributed by atoms with Gasteiger partial charge in [0.25, 0.3) is 0 Å². The van der Waals surface area contributed by atoms with Crippen LogP contribution in [0.5, 0.6) is 0 Å². The number of amidine groups is 1. The van der Waals surface area contributed by atoms with Gasteiger partial charge in [0.2, 0.25) is 11.8 Å². The lowest BCUT2D eigenvalue weighted by Crippen LogP contribution is -2.37. The number of benzene rings is 2. The number of amides is 2. The molecule has 0 radical (unpaired) electrons. The van der Waals surface area contributed by atoms with E-state index in [1.807, 2.05) is 49.4 Å². The Balaban J connectivity index is 1.91. The first-order valence-corrected chi connectivity index (χ1v) is 8.74. The molecule has 128 valence electrons. The zero-order valence-corrected chi connectivity index (χ0v) is 15.1. The zero-order valence-electron chi connectivity index (χ0n) is 14.3. The van der Waals surface area contributed by atoms with Crippen LogP contribution in [0, 0.1) is 0 Å². The zero-order chi connectivity index (χ0) is 18.0. The summed E-state index contributed by atoms with van der Waals surface area (Å²) in [6.45, 7) is 4.82. The van der Waals surface area contributed by atoms with Crippen molar-refractivity contribution >= 4 is 28.7 Å². The topological polar surface area (TPSA) is 61.8 Å². The molecule has 6 heteroatoms. The molecule has 0 saturated heterocycles. The van der Waals surface area contributed by atoms with E-state index in [0.717, 1.165) is 16.7 Å². The van der Waals surface area contributed by atoms with E-state index in [1.54, 1.807) is 0 Å². The van der Waals surface area contributed by atoms with Crippen molar-refractivity contribution in [3.63, 3.8) is 0 Å². The van der Waals surface area contributed by atoms with E-state index in [0.29, 0.717) is 5.17 Å². The lowest BCUT2D eigenvalue weighted by atomic mass is 10.0.